The van der Waals surface area contributed by atoms with Crippen LogP contribution in [-0.4, -0.2) is 15.0 Å². The van der Waals surface area contributed by atoms with Crippen molar-refractivity contribution in [1.82, 2.24) is 15.0 Å². The number of aromatic nitrogens is 3. The van der Waals surface area contributed by atoms with E-state index in [1.54, 1.807) is 16.8 Å². The second kappa shape index (κ2) is 11.1. The molecule has 0 saturated carbocycles. The van der Waals surface area contributed by atoms with E-state index in [1.807, 2.05) is 54.6 Å². The highest BCUT2D eigenvalue weighted by molar-refractivity contribution is 7.52. The van der Waals surface area contributed by atoms with Crippen molar-refractivity contribution in [2.75, 3.05) is 0 Å². The van der Waals surface area contributed by atoms with Gasteiger partial charge in [0.15, 0.2) is 11.6 Å². The molecular weight excluding hydrogens is 533 g/mol. The van der Waals surface area contributed by atoms with Gasteiger partial charge in [0.05, 0.1) is 17.2 Å². The highest BCUT2D eigenvalue weighted by Crippen LogP contribution is 2.52. The summed E-state index contributed by atoms with van der Waals surface area (Å²) < 4.78 is 73.9. The number of halogens is 4. The summed E-state index contributed by atoms with van der Waals surface area (Å²) in [5.41, 5.74) is 2.66. The molecule has 0 spiro atoms. The summed E-state index contributed by atoms with van der Waals surface area (Å²) in [6.07, 6.45) is -0.0294. The molecule has 0 amide bonds. The van der Waals surface area contributed by atoms with Gasteiger partial charge < -0.3 is 0 Å². The van der Waals surface area contributed by atoms with E-state index >= 15 is 0 Å². The summed E-state index contributed by atoms with van der Waals surface area (Å²) in [5.74, 6) is -1.98. The highest BCUT2D eigenvalue weighted by atomic mass is 31.2. The first-order chi connectivity index (χ1) is 18.9. The van der Waals surface area contributed by atoms with E-state index in [0.29, 0.717) is 28.6 Å². The lowest BCUT2D eigenvalue weighted by molar-refractivity contribution is -0.0881. The van der Waals surface area contributed by atoms with Crippen LogP contribution in [0.25, 0.3) is 11.0 Å². The summed E-state index contributed by atoms with van der Waals surface area (Å²) in [6, 6.07) is 27.1. The lowest BCUT2D eigenvalue weighted by Crippen LogP contribution is -2.41. The number of hydrogen-bond donors (Lipinski definition) is 0. The van der Waals surface area contributed by atoms with Crippen LogP contribution in [0.3, 0.4) is 0 Å². The molecule has 0 aliphatic heterocycles. The zero-order chi connectivity index (χ0) is 27.5. The predicted octanol–water partition coefficient (Wildman–Crippen LogP) is 7.43. The largest absolute Gasteiger partial charge is 0.399 e. The molecule has 1 atom stereocenters. The highest BCUT2D eigenvalue weighted by Gasteiger charge is 2.38. The molecule has 200 valence electrons. The fraction of sp³-hybridized carbons (Fsp3) is 0.143. The minimum atomic E-state index is -4.56. The third kappa shape index (κ3) is 5.49. The molecule has 6 nitrogen and oxygen atoms in total. The molecule has 0 saturated heterocycles. The van der Waals surface area contributed by atoms with E-state index < -0.39 is 30.9 Å². The van der Waals surface area contributed by atoms with Crippen LogP contribution in [0.4, 0.5) is 17.8 Å². The van der Waals surface area contributed by atoms with Gasteiger partial charge in [-0.15, -0.1) is 14.6 Å². The zero-order valence-electron chi connectivity index (χ0n) is 20.4. The summed E-state index contributed by atoms with van der Waals surface area (Å²) in [6.45, 7) is 0. The first-order valence-electron chi connectivity index (χ1n) is 11.9. The van der Waals surface area contributed by atoms with Crippen molar-refractivity contribution in [3.05, 3.63) is 131 Å². The Morgan fingerprint density at radius 2 is 1.36 bits per heavy atom. The zero-order valence-corrected chi connectivity index (χ0v) is 21.3. The second-order valence-corrected chi connectivity index (χ2v) is 11.0. The van der Waals surface area contributed by atoms with Crippen molar-refractivity contribution in [3.8, 4) is 0 Å². The van der Waals surface area contributed by atoms with Crippen molar-refractivity contribution in [2.45, 2.75) is 24.5 Å². The van der Waals surface area contributed by atoms with Gasteiger partial charge in [-0.25, -0.2) is 13.5 Å². The average molecular weight is 555 g/mol. The van der Waals surface area contributed by atoms with Crippen molar-refractivity contribution in [2.24, 2.45) is 0 Å². The molecule has 0 aliphatic rings. The Bertz CT molecular complexity index is 1620. The summed E-state index contributed by atoms with van der Waals surface area (Å²) in [5, 5.41) is 8.80. The molecule has 0 radical (unpaired) electrons. The van der Waals surface area contributed by atoms with Gasteiger partial charge in [-0.05, 0) is 55.6 Å². The van der Waals surface area contributed by atoms with Gasteiger partial charge in [-0.3, -0.25) is 4.57 Å². The molecule has 5 aromatic rings. The molecule has 39 heavy (non-hydrogen) atoms. The molecule has 1 heterocycles. The maximum atomic E-state index is 14.7. The van der Waals surface area contributed by atoms with E-state index in [1.165, 1.54) is 18.2 Å². The van der Waals surface area contributed by atoms with Crippen LogP contribution in [0.5, 0.6) is 0 Å². The van der Waals surface area contributed by atoms with Gasteiger partial charge in [-0.1, -0.05) is 78.0 Å². The van der Waals surface area contributed by atoms with Crippen LogP contribution in [-0.2, 0) is 38.6 Å². The number of nitrogens with zero attached hydrogens (tertiary/aromatic N) is 3. The molecule has 1 aromatic heterocycles. The smallest absolute Gasteiger partial charge is 0.254 e. The van der Waals surface area contributed by atoms with Crippen molar-refractivity contribution < 1.29 is 31.9 Å². The van der Waals surface area contributed by atoms with Gasteiger partial charge in [0.25, 0.3) is 0 Å². The molecule has 5 rings (SSSR count). The quantitative estimate of drug-likeness (QED) is 0.132. The number of benzene rings is 4. The van der Waals surface area contributed by atoms with Crippen LogP contribution >= 0.6 is 7.60 Å². The van der Waals surface area contributed by atoms with Crippen LogP contribution in [0.1, 0.15) is 22.3 Å². The van der Waals surface area contributed by atoms with Crippen molar-refractivity contribution in [1.29, 1.82) is 0 Å². The molecular formula is C28H22F4N3O3P. The van der Waals surface area contributed by atoms with Crippen molar-refractivity contribution >= 4 is 18.6 Å². The molecule has 11 heteroatoms. The lowest BCUT2D eigenvalue weighted by Gasteiger charge is -2.36. The van der Waals surface area contributed by atoms with Gasteiger partial charge in [0, 0.05) is 12.8 Å². The minimum absolute atomic E-state index is 0.248. The number of fused-ring (bicyclic) bond motifs is 1. The first-order valence-corrected chi connectivity index (χ1v) is 13.7. The van der Waals surface area contributed by atoms with Crippen LogP contribution in [0.15, 0.2) is 97.1 Å². The SMILES string of the molecule is O=P(Cc1ccc(CC(Cc2ccccc2)(c2ccc(F)c(F)c2)n2nnc3ccccc32)cc1)(OF)OF. The number of rotatable bonds is 10. The van der Waals surface area contributed by atoms with Crippen LogP contribution < -0.4 is 0 Å². The monoisotopic (exact) mass is 555 g/mol. The van der Waals surface area contributed by atoms with E-state index in [-0.39, 0.29) is 6.42 Å². The van der Waals surface area contributed by atoms with Gasteiger partial charge >= 0.3 is 7.60 Å². The normalized spacial score (nSPS) is 13.4. The predicted molar refractivity (Wildman–Crippen MR) is 137 cm³/mol. The first kappa shape index (κ1) is 26.7. The molecule has 0 aliphatic carbocycles. The Balaban J connectivity index is 1.67. The molecule has 0 fully saturated rings. The average Bonchev–Trinajstić information content (AvgIpc) is 3.40. The van der Waals surface area contributed by atoms with E-state index in [9.17, 15) is 22.4 Å². The lowest BCUT2D eigenvalue weighted by atomic mass is 9.78. The van der Waals surface area contributed by atoms with E-state index in [0.717, 1.165) is 23.3 Å². The summed E-state index contributed by atoms with van der Waals surface area (Å²) in [7, 11) is -4.56. The maximum absolute atomic E-state index is 14.7. The van der Waals surface area contributed by atoms with Gasteiger partial charge in [-0.2, -0.15) is 0 Å². The molecule has 0 N–H and O–H groups in total. The molecule has 4 aromatic carbocycles. The second-order valence-electron chi connectivity index (χ2n) is 9.21. The standard InChI is InChI=1S/C28H22F4N3O3P/c29-24-15-14-23(16-25(24)30)28(17-20-6-2-1-3-7-20,35-27-9-5-4-8-26(27)33-34-35)18-21-10-12-22(13-11-21)19-39(36,37-31)38-32/h1-16H,17-19H2. The topological polar surface area (TPSA) is 66.2 Å². The van der Waals surface area contributed by atoms with E-state index in [2.05, 4.69) is 19.8 Å². The maximum Gasteiger partial charge on any atom is 0.399 e. The van der Waals surface area contributed by atoms with Gasteiger partial charge in [0.2, 0.25) is 0 Å². The Morgan fingerprint density at radius 3 is 2.03 bits per heavy atom. The van der Waals surface area contributed by atoms with Crippen LogP contribution in [0.2, 0.25) is 0 Å². The molecule has 0 bridgehead atoms. The number of hydrogen-bond acceptors (Lipinski definition) is 5. The minimum Gasteiger partial charge on any atom is -0.254 e. The fourth-order valence-corrected chi connectivity index (χ4v) is 5.60. The Hall–Kier alpha value is -3.85. The van der Waals surface area contributed by atoms with Crippen molar-refractivity contribution in [3.63, 3.8) is 0 Å². The van der Waals surface area contributed by atoms with Gasteiger partial charge in [0.1, 0.15) is 5.52 Å². The Morgan fingerprint density at radius 1 is 0.744 bits per heavy atom. The third-order valence-electron chi connectivity index (χ3n) is 6.66. The van der Waals surface area contributed by atoms with Crippen LogP contribution in [0, 0.1) is 11.6 Å². The Kier molecular flexibility index (Phi) is 7.61. The molecule has 1 unspecified atom stereocenters. The fourth-order valence-electron chi connectivity index (χ4n) is 4.83. The third-order valence-corrected chi connectivity index (χ3v) is 7.83. The van der Waals surface area contributed by atoms with E-state index in [4.69, 9.17) is 0 Å². The summed E-state index contributed by atoms with van der Waals surface area (Å²) >= 11 is 0. The summed E-state index contributed by atoms with van der Waals surface area (Å²) in [4.78, 5) is 0. The Labute approximate surface area is 221 Å². The number of para-hydroxylation sites is 1.